The summed E-state index contributed by atoms with van der Waals surface area (Å²) in [6, 6.07) is 4.09. The second kappa shape index (κ2) is 12.6. The highest BCUT2D eigenvalue weighted by atomic mass is 127. The molecule has 0 saturated heterocycles. The first-order chi connectivity index (χ1) is 11.3. The summed E-state index contributed by atoms with van der Waals surface area (Å²) >= 11 is 0. The standard InChI is InChI=1S/C18H32N4O.HI/c1-3-23-17(16-8-4-5-9-16)10-11-20-18(19-2)21-12-15-22-13-6-7-14-22;/h6-7,13-14,16-17H,3-5,8-12,15H2,1-2H3,(H2,19,20,21);1H. The summed E-state index contributed by atoms with van der Waals surface area (Å²) in [7, 11) is 1.82. The zero-order valence-corrected chi connectivity index (χ0v) is 17.4. The molecule has 1 fully saturated rings. The average molecular weight is 448 g/mol. The van der Waals surface area contributed by atoms with Crippen LogP contribution in [0, 0.1) is 5.92 Å². The molecule has 1 atom stereocenters. The maximum atomic E-state index is 5.97. The smallest absolute Gasteiger partial charge is 0.191 e. The van der Waals surface area contributed by atoms with Crippen LogP contribution in [0.2, 0.25) is 0 Å². The molecule has 1 aromatic heterocycles. The summed E-state index contributed by atoms with van der Waals surface area (Å²) in [5, 5.41) is 6.77. The van der Waals surface area contributed by atoms with Crippen LogP contribution in [0.15, 0.2) is 29.5 Å². The molecule has 2 N–H and O–H groups in total. The van der Waals surface area contributed by atoms with Crippen molar-refractivity contribution in [2.45, 2.75) is 51.7 Å². The third-order valence-electron chi connectivity index (χ3n) is 4.58. The summed E-state index contributed by atoms with van der Waals surface area (Å²) in [6.45, 7) is 5.62. The molecule has 0 spiro atoms. The molecule has 138 valence electrons. The van der Waals surface area contributed by atoms with Crippen LogP contribution in [0.3, 0.4) is 0 Å². The topological polar surface area (TPSA) is 50.6 Å². The van der Waals surface area contributed by atoms with E-state index in [-0.39, 0.29) is 24.0 Å². The van der Waals surface area contributed by atoms with Crippen molar-refractivity contribution in [2.24, 2.45) is 10.9 Å². The Morgan fingerprint density at radius 2 is 1.88 bits per heavy atom. The van der Waals surface area contributed by atoms with Gasteiger partial charge in [0.15, 0.2) is 5.96 Å². The van der Waals surface area contributed by atoms with E-state index in [1.54, 1.807) is 0 Å². The Morgan fingerprint density at radius 3 is 2.50 bits per heavy atom. The summed E-state index contributed by atoms with van der Waals surface area (Å²) in [6.07, 6.45) is 11.0. The van der Waals surface area contributed by atoms with E-state index in [4.69, 9.17) is 4.74 Å². The zero-order chi connectivity index (χ0) is 16.3. The van der Waals surface area contributed by atoms with Gasteiger partial charge in [0.25, 0.3) is 0 Å². The first kappa shape index (κ1) is 21.3. The quantitative estimate of drug-likeness (QED) is 0.347. The van der Waals surface area contributed by atoms with E-state index in [2.05, 4.69) is 39.5 Å². The van der Waals surface area contributed by atoms with Crippen LogP contribution in [0.5, 0.6) is 0 Å². The molecule has 0 bridgehead atoms. The van der Waals surface area contributed by atoms with Gasteiger partial charge >= 0.3 is 0 Å². The second-order valence-corrected chi connectivity index (χ2v) is 6.17. The molecule has 1 heterocycles. The fraction of sp³-hybridized carbons (Fsp3) is 0.722. The lowest BCUT2D eigenvalue weighted by atomic mass is 9.98. The Hall–Kier alpha value is -0.760. The van der Waals surface area contributed by atoms with E-state index in [9.17, 15) is 0 Å². The minimum absolute atomic E-state index is 0. The van der Waals surface area contributed by atoms with Gasteiger partial charge in [-0.2, -0.15) is 0 Å². The normalized spacial score (nSPS) is 16.7. The zero-order valence-electron chi connectivity index (χ0n) is 15.0. The number of hydrogen-bond donors (Lipinski definition) is 2. The maximum absolute atomic E-state index is 5.97. The molecule has 1 aliphatic carbocycles. The number of aromatic nitrogens is 1. The van der Waals surface area contributed by atoms with E-state index in [0.29, 0.717) is 6.10 Å². The van der Waals surface area contributed by atoms with E-state index in [0.717, 1.165) is 44.5 Å². The minimum atomic E-state index is 0. The summed E-state index contributed by atoms with van der Waals surface area (Å²) in [5.74, 6) is 1.62. The van der Waals surface area contributed by atoms with Gasteiger partial charge < -0.3 is 19.9 Å². The number of halogens is 1. The highest BCUT2D eigenvalue weighted by Gasteiger charge is 2.24. The van der Waals surface area contributed by atoms with Gasteiger partial charge in [0.2, 0.25) is 0 Å². The van der Waals surface area contributed by atoms with Crippen LogP contribution in [0.25, 0.3) is 0 Å². The Balaban J connectivity index is 0.00000288. The van der Waals surface area contributed by atoms with Gasteiger partial charge in [-0.05, 0) is 44.2 Å². The van der Waals surface area contributed by atoms with E-state index >= 15 is 0 Å². The number of aliphatic imine (C=N–C) groups is 1. The highest BCUT2D eigenvalue weighted by molar-refractivity contribution is 14.0. The number of rotatable bonds is 9. The molecule has 1 aliphatic rings. The predicted molar refractivity (Wildman–Crippen MR) is 111 cm³/mol. The van der Waals surface area contributed by atoms with Crippen LogP contribution in [-0.4, -0.2) is 43.4 Å². The molecule has 0 aromatic carbocycles. The highest BCUT2D eigenvalue weighted by Crippen LogP contribution is 2.30. The van der Waals surface area contributed by atoms with Crippen molar-refractivity contribution in [1.29, 1.82) is 0 Å². The van der Waals surface area contributed by atoms with Crippen molar-refractivity contribution in [3.05, 3.63) is 24.5 Å². The van der Waals surface area contributed by atoms with Gasteiger partial charge in [0, 0.05) is 45.7 Å². The summed E-state index contributed by atoms with van der Waals surface area (Å²) in [5.41, 5.74) is 0. The van der Waals surface area contributed by atoms with Gasteiger partial charge in [-0.3, -0.25) is 4.99 Å². The molecule has 2 rings (SSSR count). The predicted octanol–water partition coefficient (Wildman–Crippen LogP) is 3.26. The van der Waals surface area contributed by atoms with Crippen molar-refractivity contribution < 1.29 is 4.74 Å². The second-order valence-electron chi connectivity index (χ2n) is 6.17. The van der Waals surface area contributed by atoms with Crippen molar-refractivity contribution in [1.82, 2.24) is 15.2 Å². The van der Waals surface area contributed by atoms with Gasteiger partial charge in [-0.15, -0.1) is 24.0 Å². The largest absolute Gasteiger partial charge is 0.378 e. The Bertz CT molecular complexity index is 444. The maximum Gasteiger partial charge on any atom is 0.191 e. The molecule has 1 aromatic rings. The molecule has 24 heavy (non-hydrogen) atoms. The van der Waals surface area contributed by atoms with Gasteiger partial charge in [0.1, 0.15) is 0 Å². The van der Waals surface area contributed by atoms with Crippen LogP contribution >= 0.6 is 24.0 Å². The molecule has 0 radical (unpaired) electrons. The Labute approximate surface area is 163 Å². The molecular weight excluding hydrogens is 415 g/mol. The molecule has 0 amide bonds. The van der Waals surface area contributed by atoms with Crippen LogP contribution in [0.4, 0.5) is 0 Å². The van der Waals surface area contributed by atoms with E-state index in [1.165, 1.54) is 25.7 Å². The average Bonchev–Trinajstić information content (AvgIpc) is 3.26. The van der Waals surface area contributed by atoms with Crippen molar-refractivity contribution in [3.63, 3.8) is 0 Å². The van der Waals surface area contributed by atoms with Crippen molar-refractivity contribution in [3.8, 4) is 0 Å². The van der Waals surface area contributed by atoms with Gasteiger partial charge in [0.05, 0.1) is 6.10 Å². The number of ether oxygens (including phenoxy) is 1. The van der Waals surface area contributed by atoms with Crippen LogP contribution in [-0.2, 0) is 11.3 Å². The minimum Gasteiger partial charge on any atom is -0.378 e. The summed E-state index contributed by atoms with van der Waals surface area (Å²) in [4.78, 5) is 4.29. The first-order valence-corrected chi connectivity index (χ1v) is 9.00. The molecule has 6 heteroatoms. The molecule has 1 unspecified atom stereocenters. The SMILES string of the molecule is CCOC(CCNC(=NC)NCCn1cccc1)C1CCCC1.I. The summed E-state index contributed by atoms with van der Waals surface area (Å²) < 4.78 is 8.13. The van der Waals surface area contributed by atoms with E-state index < -0.39 is 0 Å². The third-order valence-corrected chi connectivity index (χ3v) is 4.58. The number of nitrogens with zero attached hydrogens (tertiary/aromatic N) is 2. The van der Waals surface area contributed by atoms with Crippen molar-refractivity contribution in [2.75, 3.05) is 26.7 Å². The number of guanidine groups is 1. The third kappa shape index (κ3) is 7.42. The Kier molecular flexibility index (Phi) is 11.2. The lowest BCUT2D eigenvalue weighted by molar-refractivity contribution is 0.0169. The molecular formula is C18H33IN4O. The monoisotopic (exact) mass is 448 g/mol. The lowest BCUT2D eigenvalue weighted by Gasteiger charge is -2.24. The molecule has 0 aliphatic heterocycles. The number of nitrogens with one attached hydrogen (secondary N) is 2. The fourth-order valence-electron chi connectivity index (χ4n) is 3.37. The fourth-order valence-corrected chi connectivity index (χ4v) is 3.37. The van der Waals surface area contributed by atoms with Gasteiger partial charge in [-0.25, -0.2) is 0 Å². The van der Waals surface area contributed by atoms with Crippen molar-refractivity contribution >= 4 is 29.9 Å². The van der Waals surface area contributed by atoms with Crippen LogP contribution < -0.4 is 10.6 Å². The Morgan fingerprint density at radius 1 is 1.21 bits per heavy atom. The number of hydrogen-bond acceptors (Lipinski definition) is 2. The first-order valence-electron chi connectivity index (χ1n) is 9.00. The molecule has 5 nitrogen and oxygen atoms in total. The molecule has 1 saturated carbocycles. The van der Waals surface area contributed by atoms with Crippen LogP contribution in [0.1, 0.15) is 39.0 Å². The van der Waals surface area contributed by atoms with Gasteiger partial charge in [-0.1, -0.05) is 12.8 Å². The lowest BCUT2D eigenvalue weighted by Crippen LogP contribution is -2.40. The van der Waals surface area contributed by atoms with E-state index in [1.807, 2.05) is 19.2 Å².